The maximum absolute atomic E-state index is 13.6. The van der Waals surface area contributed by atoms with Crippen LogP contribution >= 0.6 is 0 Å². The molecular formula is C25H22F2N2O4S2. The smallest absolute Gasteiger partial charge is 0.264 e. The van der Waals surface area contributed by atoms with Gasteiger partial charge in [-0.05, 0) is 77.9 Å². The molecule has 35 heavy (non-hydrogen) atoms. The van der Waals surface area contributed by atoms with Gasteiger partial charge >= 0.3 is 0 Å². The SMILES string of the molecule is O=S(=O)(NCCCN(c1ccc(F)cc1)S(=O)(=O)c1ccc2ccccc2c1)c1ccc(F)cc1. The molecule has 4 aromatic rings. The molecule has 0 atom stereocenters. The highest BCUT2D eigenvalue weighted by Gasteiger charge is 2.25. The van der Waals surface area contributed by atoms with Gasteiger partial charge in [0.05, 0.1) is 15.5 Å². The van der Waals surface area contributed by atoms with E-state index in [0.29, 0.717) is 0 Å². The first kappa shape index (κ1) is 24.8. The first-order valence-electron chi connectivity index (χ1n) is 10.7. The summed E-state index contributed by atoms with van der Waals surface area (Å²) in [5, 5.41) is 1.63. The predicted octanol–water partition coefficient (Wildman–Crippen LogP) is 4.68. The lowest BCUT2D eigenvalue weighted by molar-refractivity contribution is 0.577. The molecule has 1 N–H and O–H groups in total. The largest absolute Gasteiger partial charge is 0.266 e. The monoisotopic (exact) mass is 516 g/mol. The van der Waals surface area contributed by atoms with Gasteiger partial charge in [0.2, 0.25) is 10.0 Å². The van der Waals surface area contributed by atoms with E-state index in [9.17, 15) is 25.6 Å². The summed E-state index contributed by atoms with van der Waals surface area (Å²) in [7, 11) is -7.93. The number of anilines is 1. The molecule has 0 spiro atoms. The number of hydrogen-bond acceptors (Lipinski definition) is 4. The third-order valence-corrected chi connectivity index (χ3v) is 8.68. The van der Waals surface area contributed by atoms with Crippen molar-refractivity contribution in [1.82, 2.24) is 4.72 Å². The molecule has 4 rings (SSSR count). The second-order valence-corrected chi connectivity index (χ2v) is 11.4. The van der Waals surface area contributed by atoms with E-state index in [4.69, 9.17) is 0 Å². The molecule has 4 aromatic carbocycles. The Morgan fingerprint density at radius 2 is 1.26 bits per heavy atom. The summed E-state index contributed by atoms with van der Waals surface area (Å²) >= 11 is 0. The van der Waals surface area contributed by atoms with Crippen molar-refractivity contribution >= 4 is 36.5 Å². The molecule has 0 aliphatic heterocycles. The Morgan fingerprint density at radius 1 is 0.686 bits per heavy atom. The van der Waals surface area contributed by atoms with E-state index in [1.807, 2.05) is 18.2 Å². The van der Waals surface area contributed by atoms with Crippen LogP contribution in [0.25, 0.3) is 10.8 Å². The van der Waals surface area contributed by atoms with Gasteiger partial charge in [-0.15, -0.1) is 0 Å². The van der Waals surface area contributed by atoms with Gasteiger partial charge in [0.25, 0.3) is 10.0 Å². The summed E-state index contributed by atoms with van der Waals surface area (Å²) in [6.07, 6.45) is 0.130. The van der Waals surface area contributed by atoms with Crippen LogP contribution in [0.1, 0.15) is 6.42 Å². The van der Waals surface area contributed by atoms with E-state index < -0.39 is 31.7 Å². The van der Waals surface area contributed by atoms with E-state index in [1.165, 1.54) is 18.2 Å². The predicted molar refractivity (Wildman–Crippen MR) is 131 cm³/mol. The van der Waals surface area contributed by atoms with Crippen LogP contribution in [0.2, 0.25) is 0 Å². The van der Waals surface area contributed by atoms with Gasteiger partial charge < -0.3 is 0 Å². The zero-order valence-corrected chi connectivity index (χ0v) is 20.1. The van der Waals surface area contributed by atoms with Gasteiger partial charge in [0.1, 0.15) is 11.6 Å². The van der Waals surface area contributed by atoms with Crippen LogP contribution in [-0.4, -0.2) is 29.9 Å². The summed E-state index contributed by atoms with van der Waals surface area (Å²) < 4.78 is 82.1. The van der Waals surface area contributed by atoms with Crippen molar-refractivity contribution in [1.29, 1.82) is 0 Å². The minimum atomic E-state index is -4.04. The quantitative estimate of drug-likeness (QED) is 0.328. The lowest BCUT2D eigenvalue weighted by atomic mass is 10.1. The molecule has 0 amide bonds. The molecule has 0 aliphatic carbocycles. The molecule has 6 nitrogen and oxygen atoms in total. The number of rotatable bonds is 9. The normalized spacial score (nSPS) is 12.1. The van der Waals surface area contributed by atoms with Gasteiger partial charge in [-0.1, -0.05) is 30.3 Å². The van der Waals surface area contributed by atoms with Crippen molar-refractivity contribution < 1.29 is 25.6 Å². The molecule has 0 bridgehead atoms. The maximum atomic E-state index is 13.6. The molecule has 0 fully saturated rings. The Kier molecular flexibility index (Phi) is 7.15. The van der Waals surface area contributed by atoms with Crippen molar-refractivity contribution in [3.8, 4) is 0 Å². The fourth-order valence-electron chi connectivity index (χ4n) is 3.58. The summed E-state index contributed by atoms with van der Waals surface area (Å²) in [6, 6.07) is 21.5. The average molecular weight is 517 g/mol. The van der Waals surface area contributed by atoms with Crippen LogP contribution in [0.5, 0.6) is 0 Å². The minimum Gasteiger partial charge on any atom is -0.266 e. The number of sulfonamides is 2. The lowest BCUT2D eigenvalue weighted by Gasteiger charge is -2.25. The minimum absolute atomic E-state index is 0.0624. The van der Waals surface area contributed by atoms with Crippen molar-refractivity contribution in [3.63, 3.8) is 0 Å². The van der Waals surface area contributed by atoms with E-state index >= 15 is 0 Å². The Labute approximate surface area is 202 Å². The second kappa shape index (κ2) is 10.1. The van der Waals surface area contributed by atoms with Crippen molar-refractivity contribution in [2.24, 2.45) is 0 Å². The van der Waals surface area contributed by atoms with Crippen LogP contribution < -0.4 is 9.03 Å². The lowest BCUT2D eigenvalue weighted by Crippen LogP contribution is -2.34. The molecule has 182 valence electrons. The number of nitrogens with zero attached hydrogens (tertiary/aromatic N) is 1. The number of nitrogens with one attached hydrogen (secondary N) is 1. The highest BCUT2D eigenvalue weighted by atomic mass is 32.2. The van der Waals surface area contributed by atoms with Crippen molar-refractivity contribution in [2.45, 2.75) is 16.2 Å². The Morgan fingerprint density at radius 3 is 1.91 bits per heavy atom. The van der Waals surface area contributed by atoms with E-state index in [-0.39, 0.29) is 35.0 Å². The number of halogens is 2. The molecule has 0 saturated carbocycles. The molecule has 0 saturated heterocycles. The number of fused-ring (bicyclic) bond motifs is 1. The molecule has 10 heteroatoms. The molecular weight excluding hydrogens is 494 g/mol. The molecule has 0 aromatic heterocycles. The Hall–Kier alpha value is -3.34. The van der Waals surface area contributed by atoms with E-state index in [0.717, 1.165) is 51.5 Å². The molecule has 0 radical (unpaired) electrons. The molecule has 0 unspecified atom stereocenters. The van der Waals surface area contributed by atoms with Crippen LogP contribution in [0.3, 0.4) is 0 Å². The molecule has 0 heterocycles. The fourth-order valence-corrected chi connectivity index (χ4v) is 6.19. The Balaban J connectivity index is 1.56. The van der Waals surface area contributed by atoms with Gasteiger partial charge in [0.15, 0.2) is 0 Å². The summed E-state index contributed by atoms with van der Waals surface area (Å²) in [5.41, 5.74) is 0.251. The highest BCUT2D eigenvalue weighted by molar-refractivity contribution is 7.92. The number of hydrogen-bond donors (Lipinski definition) is 1. The zero-order chi connectivity index (χ0) is 25.1. The van der Waals surface area contributed by atoms with E-state index in [1.54, 1.807) is 18.2 Å². The highest BCUT2D eigenvalue weighted by Crippen LogP contribution is 2.27. The van der Waals surface area contributed by atoms with Gasteiger partial charge in [0, 0.05) is 13.1 Å². The first-order valence-corrected chi connectivity index (χ1v) is 13.6. The van der Waals surface area contributed by atoms with Gasteiger partial charge in [-0.25, -0.2) is 30.3 Å². The van der Waals surface area contributed by atoms with Crippen LogP contribution in [0, 0.1) is 11.6 Å². The van der Waals surface area contributed by atoms with Crippen molar-refractivity contribution in [2.75, 3.05) is 17.4 Å². The standard InChI is InChI=1S/C25H22F2N2O4S2/c26-21-7-11-23(12-8-21)29(17-3-16-28-34(30,31)24-14-9-22(27)10-15-24)35(32,33)25-13-6-19-4-1-2-5-20(19)18-25/h1-2,4-15,18,28H,3,16-17H2. The van der Waals surface area contributed by atoms with Crippen LogP contribution in [-0.2, 0) is 20.0 Å². The van der Waals surface area contributed by atoms with Crippen LogP contribution in [0.4, 0.5) is 14.5 Å². The summed E-state index contributed by atoms with van der Waals surface area (Å²) in [5.74, 6) is -1.07. The van der Waals surface area contributed by atoms with Gasteiger partial charge in [-0.3, -0.25) is 4.31 Å². The summed E-state index contributed by atoms with van der Waals surface area (Å²) in [6.45, 7) is -0.128. The third-order valence-electron chi connectivity index (χ3n) is 5.38. The van der Waals surface area contributed by atoms with Gasteiger partial charge in [-0.2, -0.15) is 0 Å². The fraction of sp³-hybridized carbons (Fsp3) is 0.120. The number of benzene rings is 4. The molecule has 0 aliphatic rings. The maximum Gasteiger partial charge on any atom is 0.264 e. The Bertz CT molecular complexity index is 1540. The van der Waals surface area contributed by atoms with Crippen molar-refractivity contribution in [3.05, 3.63) is 103 Å². The topological polar surface area (TPSA) is 83.6 Å². The zero-order valence-electron chi connectivity index (χ0n) is 18.4. The first-order chi connectivity index (χ1) is 16.7. The average Bonchev–Trinajstić information content (AvgIpc) is 2.84. The third kappa shape index (κ3) is 5.67. The van der Waals surface area contributed by atoms with Crippen LogP contribution in [0.15, 0.2) is 101 Å². The van der Waals surface area contributed by atoms with E-state index in [2.05, 4.69) is 4.72 Å². The second-order valence-electron chi connectivity index (χ2n) is 7.77. The summed E-state index contributed by atoms with van der Waals surface area (Å²) in [4.78, 5) is -0.0366.